The number of rotatable bonds is 6. The van der Waals surface area contributed by atoms with E-state index in [9.17, 15) is 14.0 Å². The standard InChI is InChI=1S/C29H25ClFN3O4/c1-15(2)38-19-8-7-17-11-18(27(30)33-23(17)12-19)14-34-24-13-22(31)16(3)10-21(24)25(26(34)29(36)37-4)20-6-5-9-32-28(20)35/h5-13,15H,14H2,1-4H3,(H,32,35). The van der Waals surface area contributed by atoms with Gasteiger partial charge in [0.1, 0.15) is 22.4 Å². The molecule has 0 aliphatic rings. The Kier molecular flexibility index (Phi) is 6.67. The van der Waals surface area contributed by atoms with Crippen LogP contribution in [-0.4, -0.2) is 33.7 Å². The van der Waals surface area contributed by atoms with Crippen LogP contribution in [0.4, 0.5) is 4.39 Å². The molecule has 0 unspecified atom stereocenters. The number of nitrogens with zero attached hydrogens (tertiary/aromatic N) is 2. The Balaban J connectivity index is 1.75. The fraction of sp³-hybridized carbons (Fsp3) is 0.207. The van der Waals surface area contributed by atoms with Crippen molar-refractivity contribution in [2.24, 2.45) is 0 Å². The van der Waals surface area contributed by atoms with Crippen molar-refractivity contribution in [1.82, 2.24) is 14.5 Å². The van der Waals surface area contributed by atoms with Gasteiger partial charge in [-0.25, -0.2) is 14.2 Å². The van der Waals surface area contributed by atoms with Gasteiger partial charge in [-0.3, -0.25) is 4.79 Å². The fourth-order valence-corrected chi connectivity index (χ4v) is 4.84. The summed E-state index contributed by atoms with van der Waals surface area (Å²) in [5, 5.41) is 1.59. The predicted molar refractivity (Wildman–Crippen MR) is 146 cm³/mol. The zero-order valence-corrected chi connectivity index (χ0v) is 22.0. The van der Waals surface area contributed by atoms with E-state index in [-0.39, 0.29) is 34.6 Å². The zero-order chi connectivity index (χ0) is 27.1. The number of carbonyl (C=O) groups excluding carboxylic acids is 1. The summed E-state index contributed by atoms with van der Waals surface area (Å²) in [5.74, 6) is -0.434. The molecule has 194 valence electrons. The minimum atomic E-state index is -0.669. The third-order valence-corrected chi connectivity index (χ3v) is 6.65. The lowest BCUT2D eigenvalue weighted by Gasteiger charge is -2.14. The molecule has 3 aromatic heterocycles. The topological polar surface area (TPSA) is 86.2 Å². The Morgan fingerprint density at radius 2 is 1.97 bits per heavy atom. The molecule has 0 atom stereocenters. The number of aromatic amines is 1. The predicted octanol–water partition coefficient (Wildman–Crippen LogP) is 6.27. The minimum absolute atomic E-state index is 0.0102. The molecule has 7 nitrogen and oxygen atoms in total. The second-order valence-electron chi connectivity index (χ2n) is 9.29. The first-order valence-electron chi connectivity index (χ1n) is 12.0. The smallest absolute Gasteiger partial charge is 0.355 e. The normalized spacial score (nSPS) is 11.4. The van der Waals surface area contributed by atoms with Gasteiger partial charge < -0.3 is 19.0 Å². The number of benzene rings is 2. The molecule has 0 spiro atoms. The van der Waals surface area contributed by atoms with E-state index in [2.05, 4.69) is 9.97 Å². The first-order valence-corrected chi connectivity index (χ1v) is 12.4. The Morgan fingerprint density at radius 3 is 2.68 bits per heavy atom. The molecule has 5 aromatic rings. The number of carbonyl (C=O) groups is 1. The maximum Gasteiger partial charge on any atom is 0.355 e. The summed E-state index contributed by atoms with van der Waals surface area (Å²) in [5.41, 5.74) is 2.41. The van der Waals surface area contributed by atoms with Crippen LogP contribution in [0.3, 0.4) is 0 Å². The average molecular weight is 534 g/mol. The van der Waals surface area contributed by atoms with Crippen molar-refractivity contribution in [3.8, 4) is 16.9 Å². The van der Waals surface area contributed by atoms with E-state index in [1.165, 1.54) is 19.4 Å². The van der Waals surface area contributed by atoms with Gasteiger partial charge in [-0.2, -0.15) is 0 Å². The number of aryl methyl sites for hydroxylation is 1. The second kappa shape index (κ2) is 9.95. The molecule has 0 fully saturated rings. The molecule has 0 saturated heterocycles. The van der Waals surface area contributed by atoms with Gasteiger partial charge in [0.2, 0.25) is 0 Å². The minimum Gasteiger partial charge on any atom is -0.491 e. The SMILES string of the molecule is COC(=O)c1c(-c2ccc[nH]c2=O)c2cc(C)c(F)cc2n1Cc1cc2ccc(OC(C)C)cc2nc1Cl. The molecule has 3 heterocycles. The van der Waals surface area contributed by atoms with Gasteiger partial charge in [0.05, 0.1) is 30.8 Å². The van der Waals surface area contributed by atoms with E-state index >= 15 is 0 Å². The lowest BCUT2D eigenvalue weighted by molar-refractivity contribution is 0.0590. The summed E-state index contributed by atoms with van der Waals surface area (Å²) in [4.78, 5) is 33.2. The molecule has 9 heteroatoms. The molecule has 1 N–H and O–H groups in total. The largest absolute Gasteiger partial charge is 0.491 e. The van der Waals surface area contributed by atoms with Crippen molar-refractivity contribution in [3.05, 3.63) is 92.9 Å². The molecule has 0 bridgehead atoms. The number of nitrogens with one attached hydrogen (secondary N) is 1. The third kappa shape index (κ3) is 4.52. The number of ether oxygens (including phenoxy) is 2. The van der Waals surface area contributed by atoms with Crippen LogP contribution < -0.4 is 10.3 Å². The third-order valence-electron chi connectivity index (χ3n) is 6.33. The molecular weight excluding hydrogens is 509 g/mol. The molecule has 0 saturated carbocycles. The molecule has 0 aliphatic carbocycles. The fourth-order valence-electron chi connectivity index (χ4n) is 4.64. The summed E-state index contributed by atoms with van der Waals surface area (Å²) in [7, 11) is 1.26. The second-order valence-corrected chi connectivity index (χ2v) is 9.65. The molecule has 0 radical (unpaired) electrons. The maximum absolute atomic E-state index is 14.8. The number of hydrogen-bond donors (Lipinski definition) is 1. The van der Waals surface area contributed by atoms with Crippen LogP contribution in [0, 0.1) is 12.7 Å². The molecule has 5 rings (SSSR count). The summed E-state index contributed by atoms with van der Waals surface area (Å²) in [6.45, 7) is 5.59. The van der Waals surface area contributed by atoms with Crippen LogP contribution in [0.1, 0.15) is 35.5 Å². The van der Waals surface area contributed by atoms with Crippen molar-refractivity contribution in [3.63, 3.8) is 0 Å². The first kappa shape index (κ1) is 25.5. The Bertz CT molecular complexity index is 1770. The van der Waals surface area contributed by atoms with Gasteiger partial charge in [-0.05, 0) is 68.8 Å². The van der Waals surface area contributed by atoms with Crippen molar-refractivity contribution in [1.29, 1.82) is 0 Å². The number of methoxy groups -OCH3 is 1. The maximum atomic E-state index is 14.8. The van der Waals surface area contributed by atoms with Gasteiger partial charge in [-0.15, -0.1) is 0 Å². The number of esters is 1. The number of pyridine rings is 2. The highest BCUT2D eigenvalue weighted by atomic mass is 35.5. The Morgan fingerprint density at radius 1 is 1.18 bits per heavy atom. The lowest BCUT2D eigenvalue weighted by Crippen LogP contribution is -2.15. The number of aromatic nitrogens is 3. The summed E-state index contributed by atoms with van der Waals surface area (Å²) >= 11 is 6.62. The van der Waals surface area contributed by atoms with Crippen LogP contribution in [0.2, 0.25) is 5.15 Å². The van der Waals surface area contributed by atoms with Gasteiger partial charge >= 0.3 is 5.97 Å². The number of hydrogen-bond acceptors (Lipinski definition) is 5. The lowest BCUT2D eigenvalue weighted by atomic mass is 10.0. The summed E-state index contributed by atoms with van der Waals surface area (Å²) in [6.07, 6.45) is 1.52. The van der Waals surface area contributed by atoms with E-state index in [4.69, 9.17) is 21.1 Å². The van der Waals surface area contributed by atoms with Gasteiger partial charge in [0, 0.05) is 39.7 Å². The average Bonchev–Trinajstić information content (AvgIpc) is 3.16. The molecular formula is C29H25ClFN3O4. The van der Waals surface area contributed by atoms with Crippen LogP contribution in [0.25, 0.3) is 32.9 Å². The van der Waals surface area contributed by atoms with Crippen molar-refractivity contribution in [2.75, 3.05) is 7.11 Å². The molecule has 0 amide bonds. The highest BCUT2D eigenvalue weighted by Crippen LogP contribution is 2.37. The monoisotopic (exact) mass is 533 g/mol. The number of fused-ring (bicyclic) bond motifs is 2. The summed E-state index contributed by atoms with van der Waals surface area (Å²) < 4.78 is 27.4. The van der Waals surface area contributed by atoms with Crippen LogP contribution in [0.15, 0.2) is 59.5 Å². The highest BCUT2D eigenvalue weighted by Gasteiger charge is 2.27. The Labute approximate surface area is 222 Å². The molecule has 0 aliphatic heterocycles. The van der Waals surface area contributed by atoms with E-state index < -0.39 is 11.8 Å². The van der Waals surface area contributed by atoms with E-state index in [0.717, 1.165) is 5.39 Å². The highest BCUT2D eigenvalue weighted by molar-refractivity contribution is 6.30. The van der Waals surface area contributed by atoms with Crippen molar-refractivity contribution >= 4 is 39.4 Å². The van der Waals surface area contributed by atoms with E-state index in [0.29, 0.717) is 38.9 Å². The molecule has 2 aromatic carbocycles. The van der Waals surface area contributed by atoms with Crippen LogP contribution >= 0.6 is 11.6 Å². The zero-order valence-electron chi connectivity index (χ0n) is 21.3. The van der Waals surface area contributed by atoms with Crippen molar-refractivity contribution in [2.45, 2.75) is 33.4 Å². The van der Waals surface area contributed by atoms with Crippen molar-refractivity contribution < 1.29 is 18.7 Å². The Hall–Kier alpha value is -4.17. The quantitative estimate of drug-likeness (QED) is 0.205. The first-order chi connectivity index (χ1) is 18.2. The summed E-state index contributed by atoms with van der Waals surface area (Å²) in [6, 6.07) is 13.7. The van der Waals surface area contributed by atoms with E-state index in [1.807, 2.05) is 38.1 Å². The van der Waals surface area contributed by atoms with Crippen LogP contribution in [-0.2, 0) is 11.3 Å². The number of H-pyrrole nitrogens is 1. The van der Waals surface area contributed by atoms with Gasteiger partial charge in [0.25, 0.3) is 5.56 Å². The van der Waals surface area contributed by atoms with E-state index in [1.54, 1.807) is 29.7 Å². The van der Waals surface area contributed by atoms with Crippen LogP contribution in [0.5, 0.6) is 5.75 Å². The van der Waals surface area contributed by atoms with Gasteiger partial charge in [-0.1, -0.05) is 11.6 Å². The molecule has 38 heavy (non-hydrogen) atoms. The number of halogens is 2. The van der Waals surface area contributed by atoms with Gasteiger partial charge in [0.15, 0.2) is 0 Å².